The van der Waals surface area contributed by atoms with Crippen molar-refractivity contribution in [1.82, 2.24) is 15.5 Å². The number of ether oxygens (including phenoxy) is 2. The van der Waals surface area contributed by atoms with Crippen LogP contribution in [0.25, 0.3) is 6.08 Å². The summed E-state index contributed by atoms with van der Waals surface area (Å²) in [5.41, 5.74) is 0.860. The first-order chi connectivity index (χ1) is 16.4. The van der Waals surface area contributed by atoms with Crippen LogP contribution in [0.2, 0.25) is 0 Å². The zero-order chi connectivity index (χ0) is 24.2. The maximum atomic E-state index is 13.0. The molecule has 0 saturated carbocycles. The van der Waals surface area contributed by atoms with E-state index in [0.717, 1.165) is 21.5 Å². The summed E-state index contributed by atoms with van der Waals surface area (Å²) in [5, 5.41) is 6.69. The molecule has 1 aromatic carbocycles. The van der Waals surface area contributed by atoms with Gasteiger partial charge in [0.15, 0.2) is 0 Å². The Bertz CT molecular complexity index is 1190. The normalized spacial score (nSPS) is 19.4. The van der Waals surface area contributed by atoms with Gasteiger partial charge in [-0.05, 0) is 53.9 Å². The lowest BCUT2D eigenvalue weighted by molar-refractivity contribution is -0.139. The van der Waals surface area contributed by atoms with E-state index in [0.29, 0.717) is 11.3 Å². The summed E-state index contributed by atoms with van der Waals surface area (Å²) in [6, 6.07) is 9.13. The van der Waals surface area contributed by atoms with Gasteiger partial charge in [-0.25, -0.2) is 9.59 Å². The molecule has 1 unspecified atom stereocenters. The number of thiophene rings is 1. The highest BCUT2D eigenvalue weighted by atomic mass is 32.2. The second-order valence-corrected chi connectivity index (χ2v) is 9.17. The van der Waals surface area contributed by atoms with Crippen molar-refractivity contribution in [3.05, 3.63) is 68.4 Å². The summed E-state index contributed by atoms with van der Waals surface area (Å²) in [7, 11) is 1.53. The molecule has 2 aromatic rings. The first-order valence-corrected chi connectivity index (χ1v) is 12.0. The highest BCUT2D eigenvalue weighted by Crippen LogP contribution is 2.35. The SMILES string of the molecule is CCOC(=O)C1=C(CN2C(=O)S/C(=C\c3cccs3)C2=O)NC(=O)NC1c1ccc(OC)cc1. The number of imide groups is 1. The molecule has 0 bridgehead atoms. The Hall–Kier alpha value is -3.57. The Morgan fingerprint density at radius 3 is 2.59 bits per heavy atom. The number of rotatable bonds is 7. The number of hydrogen-bond donors (Lipinski definition) is 2. The molecule has 34 heavy (non-hydrogen) atoms. The molecule has 1 saturated heterocycles. The van der Waals surface area contributed by atoms with Crippen LogP contribution in [0.1, 0.15) is 23.4 Å². The zero-order valence-electron chi connectivity index (χ0n) is 18.3. The summed E-state index contributed by atoms with van der Waals surface area (Å²) in [4.78, 5) is 53.2. The first kappa shape index (κ1) is 23.6. The van der Waals surface area contributed by atoms with Crippen LogP contribution < -0.4 is 15.4 Å². The maximum Gasteiger partial charge on any atom is 0.338 e. The van der Waals surface area contributed by atoms with Gasteiger partial charge in [-0.3, -0.25) is 14.5 Å². The Kier molecular flexibility index (Phi) is 7.03. The van der Waals surface area contributed by atoms with E-state index in [-0.39, 0.29) is 29.3 Å². The van der Waals surface area contributed by atoms with E-state index in [1.807, 2.05) is 17.5 Å². The van der Waals surface area contributed by atoms with E-state index in [9.17, 15) is 19.2 Å². The minimum absolute atomic E-state index is 0.115. The van der Waals surface area contributed by atoms with Crippen molar-refractivity contribution in [2.75, 3.05) is 20.3 Å². The molecule has 2 aliphatic rings. The number of urea groups is 1. The quantitative estimate of drug-likeness (QED) is 0.441. The highest BCUT2D eigenvalue weighted by Gasteiger charge is 2.40. The average molecular weight is 500 g/mol. The van der Waals surface area contributed by atoms with Gasteiger partial charge in [-0.15, -0.1) is 11.3 Å². The van der Waals surface area contributed by atoms with Gasteiger partial charge in [-0.2, -0.15) is 0 Å². The molecule has 4 amide bonds. The monoisotopic (exact) mass is 499 g/mol. The van der Waals surface area contributed by atoms with Crippen molar-refractivity contribution >= 4 is 52.3 Å². The predicted octanol–water partition coefficient (Wildman–Crippen LogP) is 3.66. The standard InChI is InChI=1S/C23H21N3O6S2/c1-3-32-21(28)18-16(24-22(29)25-19(18)13-6-8-14(31-2)9-7-13)12-26-20(27)17(34-23(26)30)11-15-5-4-10-33-15/h4-11,19H,3,12H2,1-2H3,(H2,24,25,29)/b17-11-. The van der Waals surface area contributed by atoms with Crippen molar-refractivity contribution in [2.45, 2.75) is 13.0 Å². The van der Waals surface area contributed by atoms with Crippen molar-refractivity contribution < 1.29 is 28.7 Å². The molecule has 0 radical (unpaired) electrons. The fourth-order valence-corrected chi connectivity index (χ4v) is 5.10. The maximum absolute atomic E-state index is 13.0. The summed E-state index contributed by atoms with van der Waals surface area (Å²) in [6.07, 6.45) is 1.65. The molecule has 2 N–H and O–H groups in total. The van der Waals surface area contributed by atoms with Gasteiger partial charge >= 0.3 is 12.0 Å². The summed E-state index contributed by atoms with van der Waals surface area (Å²) >= 11 is 2.26. The second-order valence-electron chi connectivity index (χ2n) is 7.20. The Morgan fingerprint density at radius 2 is 1.94 bits per heavy atom. The molecular formula is C23H21N3O6S2. The van der Waals surface area contributed by atoms with Crippen LogP contribution in [0.3, 0.4) is 0 Å². The van der Waals surface area contributed by atoms with Gasteiger partial charge in [0, 0.05) is 4.88 Å². The highest BCUT2D eigenvalue weighted by molar-refractivity contribution is 8.18. The average Bonchev–Trinajstić information content (AvgIpc) is 3.43. The minimum atomic E-state index is -0.838. The van der Waals surface area contributed by atoms with Gasteiger partial charge in [0.25, 0.3) is 11.1 Å². The van der Waals surface area contributed by atoms with E-state index < -0.39 is 29.2 Å². The lowest BCUT2D eigenvalue weighted by atomic mass is 9.95. The number of benzene rings is 1. The minimum Gasteiger partial charge on any atom is -0.497 e. The number of hydrogen-bond acceptors (Lipinski definition) is 8. The molecule has 3 heterocycles. The van der Waals surface area contributed by atoms with Gasteiger partial charge in [0.1, 0.15) is 5.75 Å². The van der Waals surface area contributed by atoms with Crippen LogP contribution in [0, 0.1) is 0 Å². The lowest BCUT2D eigenvalue weighted by Gasteiger charge is -2.30. The van der Waals surface area contributed by atoms with Gasteiger partial charge in [-0.1, -0.05) is 18.2 Å². The molecule has 4 rings (SSSR count). The first-order valence-electron chi connectivity index (χ1n) is 10.3. The predicted molar refractivity (Wildman–Crippen MR) is 128 cm³/mol. The van der Waals surface area contributed by atoms with Crippen LogP contribution in [-0.2, 0) is 14.3 Å². The Morgan fingerprint density at radius 1 is 1.18 bits per heavy atom. The number of thioether (sulfide) groups is 1. The molecule has 176 valence electrons. The largest absolute Gasteiger partial charge is 0.497 e. The van der Waals surface area contributed by atoms with Crippen LogP contribution in [-0.4, -0.2) is 48.3 Å². The lowest BCUT2D eigenvalue weighted by Crippen LogP contribution is -2.49. The summed E-state index contributed by atoms with van der Waals surface area (Å²) in [5.74, 6) is -0.541. The van der Waals surface area contributed by atoms with Crippen molar-refractivity contribution in [3.8, 4) is 5.75 Å². The van der Waals surface area contributed by atoms with Crippen molar-refractivity contribution in [3.63, 3.8) is 0 Å². The molecule has 11 heteroatoms. The van der Waals surface area contributed by atoms with Crippen molar-refractivity contribution in [1.29, 1.82) is 0 Å². The Labute approximate surface area is 203 Å². The number of carbonyl (C=O) groups excluding carboxylic acids is 4. The molecule has 9 nitrogen and oxygen atoms in total. The van der Waals surface area contributed by atoms with Gasteiger partial charge in [0.05, 0.1) is 42.5 Å². The number of carbonyl (C=O) groups is 4. The third kappa shape index (κ3) is 4.85. The third-order valence-corrected chi connectivity index (χ3v) is 6.83. The molecule has 2 aliphatic heterocycles. The van der Waals surface area contributed by atoms with E-state index in [2.05, 4.69) is 10.6 Å². The topological polar surface area (TPSA) is 114 Å². The molecule has 0 aliphatic carbocycles. The third-order valence-electron chi connectivity index (χ3n) is 5.10. The van der Waals surface area contributed by atoms with Crippen LogP contribution in [0.5, 0.6) is 5.75 Å². The molecular weight excluding hydrogens is 478 g/mol. The fraction of sp³-hybridized carbons (Fsp3) is 0.217. The van der Waals surface area contributed by atoms with Crippen LogP contribution in [0.4, 0.5) is 9.59 Å². The van der Waals surface area contributed by atoms with Gasteiger partial charge < -0.3 is 20.1 Å². The Balaban J connectivity index is 1.70. The molecule has 0 spiro atoms. The van der Waals surface area contributed by atoms with E-state index in [1.165, 1.54) is 18.4 Å². The molecule has 1 aromatic heterocycles. The van der Waals surface area contributed by atoms with E-state index in [1.54, 1.807) is 37.3 Å². The van der Waals surface area contributed by atoms with Crippen LogP contribution in [0.15, 0.2) is 58.0 Å². The van der Waals surface area contributed by atoms with E-state index in [4.69, 9.17) is 9.47 Å². The molecule has 1 fully saturated rings. The second kappa shape index (κ2) is 10.1. The fourth-order valence-electron chi connectivity index (χ4n) is 3.54. The number of nitrogens with zero attached hydrogens (tertiary/aromatic N) is 1. The number of esters is 1. The van der Waals surface area contributed by atoms with Gasteiger partial charge in [0.2, 0.25) is 0 Å². The van der Waals surface area contributed by atoms with Crippen LogP contribution >= 0.6 is 23.1 Å². The van der Waals surface area contributed by atoms with Crippen molar-refractivity contribution in [2.24, 2.45) is 0 Å². The summed E-state index contributed by atoms with van der Waals surface area (Å²) < 4.78 is 10.4. The zero-order valence-corrected chi connectivity index (χ0v) is 20.0. The number of nitrogens with one attached hydrogen (secondary N) is 2. The summed E-state index contributed by atoms with van der Waals surface area (Å²) in [6.45, 7) is 1.51. The number of amides is 4. The molecule has 1 atom stereocenters. The number of methoxy groups -OCH3 is 1. The smallest absolute Gasteiger partial charge is 0.338 e. The van der Waals surface area contributed by atoms with E-state index >= 15 is 0 Å².